The molecule has 0 aliphatic carbocycles. The quantitative estimate of drug-likeness (QED) is 0.259. The van der Waals surface area contributed by atoms with Gasteiger partial charge in [-0.1, -0.05) is 18.9 Å². The summed E-state index contributed by atoms with van der Waals surface area (Å²) in [6, 6.07) is 2.61. The van der Waals surface area contributed by atoms with Crippen molar-refractivity contribution >= 4 is 35.0 Å². The molecule has 1 aliphatic rings. The number of Topliss-reactive ketones (excluding diaryl/α,β-unsaturated/α-hetero) is 1. The molecule has 1 aliphatic heterocycles. The number of nitrogens with two attached hydrogens (primary N) is 2. The van der Waals surface area contributed by atoms with Gasteiger partial charge in [0.05, 0.1) is 16.8 Å². The van der Waals surface area contributed by atoms with Gasteiger partial charge in [-0.05, 0) is 50.1 Å². The number of unbranched alkanes of at least 4 members (excludes halogenated alkanes) is 2. The number of ketones is 1. The summed E-state index contributed by atoms with van der Waals surface area (Å²) in [6.45, 7) is 0.496. The van der Waals surface area contributed by atoms with Crippen LogP contribution in [0.2, 0.25) is 0 Å². The summed E-state index contributed by atoms with van der Waals surface area (Å²) in [6.07, 6.45) is 2.64. The van der Waals surface area contributed by atoms with Gasteiger partial charge in [0.15, 0.2) is 11.3 Å². The van der Waals surface area contributed by atoms with Gasteiger partial charge < -0.3 is 26.6 Å². The maximum Gasteiger partial charge on any atom is 0.330 e. The van der Waals surface area contributed by atoms with Crippen molar-refractivity contribution in [3.05, 3.63) is 22.4 Å². The van der Waals surface area contributed by atoms with E-state index in [-0.39, 0.29) is 31.6 Å². The number of carbonyl (C=O) groups is 4. The van der Waals surface area contributed by atoms with Crippen LogP contribution in [-0.2, 0) is 14.4 Å². The summed E-state index contributed by atoms with van der Waals surface area (Å²) in [7, 11) is 0. The van der Waals surface area contributed by atoms with Gasteiger partial charge in [0.1, 0.15) is 0 Å². The van der Waals surface area contributed by atoms with Gasteiger partial charge >= 0.3 is 11.9 Å². The Bertz CT molecular complexity index is 784. The molecule has 1 aromatic rings. The van der Waals surface area contributed by atoms with Gasteiger partial charge in [0, 0.05) is 13.0 Å². The highest BCUT2D eigenvalue weighted by Gasteiger charge is 2.59. The molecule has 1 fully saturated rings. The summed E-state index contributed by atoms with van der Waals surface area (Å²) in [5.74, 6) is -4.39. The second kappa shape index (κ2) is 11.4. The molecule has 1 amide bonds. The van der Waals surface area contributed by atoms with Crippen LogP contribution in [0.15, 0.2) is 17.5 Å². The zero-order valence-corrected chi connectivity index (χ0v) is 18.3. The van der Waals surface area contributed by atoms with Crippen LogP contribution in [0.1, 0.15) is 61.0 Å². The van der Waals surface area contributed by atoms with Crippen LogP contribution in [0.5, 0.6) is 0 Å². The van der Waals surface area contributed by atoms with Crippen LogP contribution in [0, 0.1) is 5.92 Å². The number of amides is 1. The Morgan fingerprint density at radius 2 is 1.94 bits per heavy atom. The molecule has 3 atom stereocenters. The molecule has 1 aromatic heterocycles. The molecular weight excluding hydrogens is 422 g/mol. The minimum Gasteiger partial charge on any atom is -0.481 e. The fourth-order valence-electron chi connectivity index (χ4n) is 4.27. The molecule has 10 heteroatoms. The molecule has 0 spiro atoms. The van der Waals surface area contributed by atoms with Crippen LogP contribution < -0.4 is 11.5 Å². The summed E-state index contributed by atoms with van der Waals surface area (Å²) in [5.41, 5.74) is 9.62. The van der Waals surface area contributed by atoms with Crippen LogP contribution >= 0.6 is 11.3 Å². The van der Waals surface area contributed by atoms with Crippen molar-refractivity contribution in [2.75, 3.05) is 13.1 Å². The highest BCUT2D eigenvalue weighted by molar-refractivity contribution is 7.12. The Labute approximate surface area is 185 Å². The number of carboxylic acid groups (broad SMARTS) is 2. The van der Waals surface area contributed by atoms with E-state index in [1.807, 2.05) is 5.38 Å². The highest BCUT2D eigenvalue weighted by Crippen LogP contribution is 2.40. The van der Waals surface area contributed by atoms with E-state index in [2.05, 4.69) is 0 Å². The third-order valence-electron chi connectivity index (χ3n) is 5.93. The van der Waals surface area contributed by atoms with Crippen LogP contribution in [-0.4, -0.2) is 63.4 Å². The smallest absolute Gasteiger partial charge is 0.330 e. The Morgan fingerprint density at radius 1 is 1.19 bits per heavy atom. The topological polar surface area (TPSA) is 164 Å². The van der Waals surface area contributed by atoms with E-state index in [1.165, 1.54) is 11.3 Å². The van der Waals surface area contributed by atoms with E-state index in [4.69, 9.17) is 11.5 Å². The number of nitrogens with zero attached hydrogens (tertiary/aromatic N) is 1. The molecule has 0 radical (unpaired) electrons. The normalized spacial score (nSPS) is 21.7. The number of rotatable bonds is 13. The zero-order chi connectivity index (χ0) is 23.0. The largest absolute Gasteiger partial charge is 0.481 e. The molecule has 9 nitrogen and oxygen atoms in total. The van der Waals surface area contributed by atoms with Gasteiger partial charge in [-0.15, -0.1) is 11.3 Å². The lowest BCUT2D eigenvalue weighted by atomic mass is 9.79. The zero-order valence-electron chi connectivity index (χ0n) is 17.5. The standard InChI is InChI=1S/C21H31N3O6S/c22-11-4-2-6-15(23)18(26)24-12-9-14(19(27)28)21(24,20(29)30)10-3-1-7-16(25)17-8-5-13-31-17/h5,8,13-15H,1-4,6-7,9-12,22-23H2,(H,27,28)(H,29,30)/t14?,15-,21-/m0/s1. The monoisotopic (exact) mass is 453 g/mol. The van der Waals surface area contributed by atoms with Crippen LogP contribution in [0.25, 0.3) is 0 Å². The van der Waals surface area contributed by atoms with Crippen LogP contribution in [0.4, 0.5) is 0 Å². The summed E-state index contributed by atoms with van der Waals surface area (Å²) in [4.78, 5) is 51.2. The van der Waals surface area contributed by atoms with Crippen LogP contribution in [0.3, 0.4) is 0 Å². The molecular formula is C21H31N3O6S. The molecule has 1 saturated heterocycles. The molecule has 0 aromatic carbocycles. The van der Waals surface area contributed by atoms with Crippen molar-refractivity contribution < 1.29 is 29.4 Å². The van der Waals surface area contributed by atoms with E-state index in [9.17, 15) is 29.4 Å². The number of aliphatic carboxylic acids is 2. The van der Waals surface area contributed by atoms with E-state index in [1.54, 1.807) is 12.1 Å². The molecule has 2 heterocycles. The molecule has 0 bridgehead atoms. The SMILES string of the molecule is NCCCC[C@H](N)C(=O)N1CCC(C(=O)O)[C@@]1(CCCCC(=O)c1cccs1)C(=O)O. The number of thiophene rings is 1. The first kappa shape index (κ1) is 25.0. The van der Waals surface area contributed by atoms with E-state index < -0.39 is 35.3 Å². The van der Waals surface area contributed by atoms with Crippen molar-refractivity contribution in [3.63, 3.8) is 0 Å². The Hall–Kier alpha value is -2.30. The van der Waals surface area contributed by atoms with Crippen molar-refractivity contribution in [1.29, 1.82) is 0 Å². The van der Waals surface area contributed by atoms with Crippen molar-refractivity contribution in [1.82, 2.24) is 4.90 Å². The minimum absolute atomic E-state index is 0.0286. The summed E-state index contributed by atoms with van der Waals surface area (Å²) >= 11 is 1.34. The maximum atomic E-state index is 13.0. The van der Waals surface area contributed by atoms with E-state index in [0.717, 1.165) is 4.90 Å². The molecule has 172 valence electrons. The van der Waals surface area contributed by atoms with Crippen molar-refractivity contribution in [2.45, 2.75) is 62.9 Å². The van der Waals surface area contributed by atoms with Gasteiger partial charge in [0.2, 0.25) is 5.91 Å². The maximum absolute atomic E-state index is 13.0. The predicted molar refractivity (Wildman–Crippen MR) is 116 cm³/mol. The predicted octanol–water partition coefficient (Wildman–Crippen LogP) is 1.70. The average Bonchev–Trinajstić information content (AvgIpc) is 3.39. The molecule has 2 rings (SSSR count). The fourth-order valence-corrected chi connectivity index (χ4v) is 4.97. The summed E-state index contributed by atoms with van der Waals surface area (Å²) < 4.78 is 0. The number of carbonyl (C=O) groups excluding carboxylic acids is 2. The molecule has 0 saturated carbocycles. The minimum atomic E-state index is -1.86. The lowest BCUT2D eigenvalue weighted by Gasteiger charge is -2.38. The first-order valence-corrected chi connectivity index (χ1v) is 11.4. The second-order valence-electron chi connectivity index (χ2n) is 7.90. The number of hydrogen-bond donors (Lipinski definition) is 4. The van der Waals surface area contributed by atoms with E-state index >= 15 is 0 Å². The Balaban J connectivity index is 2.13. The first-order chi connectivity index (χ1) is 14.8. The second-order valence-corrected chi connectivity index (χ2v) is 8.85. The summed E-state index contributed by atoms with van der Waals surface area (Å²) in [5, 5.41) is 21.6. The average molecular weight is 454 g/mol. The number of hydrogen-bond acceptors (Lipinski definition) is 7. The van der Waals surface area contributed by atoms with Gasteiger partial charge in [0.25, 0.3) is 0 Å². The number of carboxylic acids is 2. The van der Waals surface area contributed by atoms with Gasteiger partial charge in [-0.2, -0.15) is 0 Å². The highest BCUT2D eigenvalue weighted by atomic mass is 32.1. The lowest BCUT2D eigenvalue weighted by molar-refractivity contribution is -0.166. The molecule has 6 N–H and O–H groups in total. The third kappa shape index (κ3) is 5.69. The van der Waals surface area contributed by atoms with Gasteiger partial charge in [-0.25, -0.2) is 4.79 Å². The van der Waals surface area contributed by atoms with Crippen molar-refractivity contribution in [2.24, 2.45) is 17.4 Å². The lowest BCUT2D eigenvalue weighted by Crippen LogP contribution is -2.61. The Morgan fingerprint density at radius 3 is 2.52 bits per heavy atom. The van der Waals surface area contributed by atoms with E-state index in [0.29, 0.717) is 43.5 Å². The third-order valence-corrected chi connectivity index (χ3v) is 6.84. The van der Waals surface area contributed by atoms with Crippen molar-refractivity contribution in [3.8, 4) is 0 Å². The molecule has 1 unspecified atom stereocenters. The fraction of sp³-hybridized carbons (Fsp3) is 0.619. The molecule has 31 heavy (non-hydrogen) atoms. The Kier molecular flexibility index (Phi) is 9.15. The first-order valence-electron chi connectivity index (χ1n) is 10.6. The number of likely N-dealkylation sites (tertiary alicyclic amines) is 1. The van der Waals surface area contributed by atoms with Gasteiger partial charge in [-0.3, -0.25) is 14.4 Å².